The molecule has 0 aromatic carbocycles. The Labute approximate surface area is 115 Å². The normalized spacial score (nSPS) is 19.7. The molecule has 0 radical (unpaired) electrons. The van der Waals surface area contributed by atoms with E-state index in [1.165, 1.54) is 51.5 Å². The Balaban J connectivity index is 2.37. The predicted molar refractivity (Wildman–Crippen MR) is 81.0 cm³/mol. The second kappa shape index (κ2) is 8.92. The lowest BCUT2D eigenvalue weighted by molar-refractivity contribution is 0.128. The molecule has 0 spiro atoms. The maximum absolute atomic E-state index is 3.65. The maximum Gasteiger partial charge on any atom is 0.0220 e. The van der Waals surface area contributed by atoms with Gasteiger partial charge >= 0.3 is 0 Å². The molecule has 1 aliphatic carbocycles. The summed E-state index contributed by atoms with van der Waals surface area (Å²) in [4.78, 5) is 2.68. The SMILES string of the molecule is CCCC(CNCC(C)C)N(C)C1CCCCC1. The van der Waals surface area contributed by atoms with Crippen molar-refractivity contribution in [1.82, 2.24) is 10.2 Å². The number of nitrogens with zero attached hydrogens (tertiary/aromatic N) is 1. The number of rotatable bonds is 8. The molecule has 2 heteroatoms. The van der Waals surface area contributed by atoms with Crippen molar-refractivity contribution >= 4 is 0 Å². The van der Waals surface area contributed by atoms with E-state index in [4.69, 9.17) is 0 Å². The molecule has 0 heterocycles. The molecule has 0 bridgehead atoms. The Kier molecular flexibility index (Phi) is 7.92. The first kappa shape index (κ1) is 16.0. The lowest BCUT2D eigenvalue weighted by Gasteiger charge is -2.37. The summed E-state index contributed by atoms with van der Waals surface area (Å²) in [7, 11) is 2.35. The van der Waals surface area contributed by atoms with Crippen LogP contribution in [-0.4, -0.2) is 37.1 Å². The van der Waals surface area contributed by atoms with E-state index in [1.807, 2.05) is 0 Å². The average molecular weight is 254 g/mol. The molecule has 1 rings (SSSR count). The van der Waals surface area contributed by atoms with Crippen molar-refractivity contribution < 1.29 is 0 Å². The van der Waals surface area contributed by atoms with Gasteiger partial charge in [-0.25, -0.2) is 0 Å². The number of hydrogen-bond donors (Lipinski definition) is 1. The second-order valence-corrected chi connectivity index (χ2v) is 6.45. The van der Waals surface area contributed by atoms with Crippen LogP contribution in [0.3, 0.4) is 0 Å². The van der Waals surface area contributed by atoms with Crippen LogP contribution in [0, 0.1) is 5.92 Å². The first-order chi connectivity index (χ1) is 8.65. The van der Waals surface area contributed by atoms with Gasteiger partial charge in [0.15, 0.2) is 0 Å². The van der Waals surface area contributed by atoms with Crippen LogP contribution in [0.25, 0.3) is 0 Å². The summed E-state index contributed by atoms with van der Waals surface area (Å²) >= 11 is 0. The van der Waals surface area contributed by atoms with Crippen LogP contribution < -0.4 is 5.32 Å². The summed E-state index contributed by atoms with van der Waals surface area (Å²) in [6.45, 7) is 9.20. The Hall–Kier alpha value is -0.0800. The van der Waals surface area contributed by atoms with Crippen molar-refractivity contribution in [2.45, 2.75) is 77.8 Å². The van der Waals surface area contributed by atoms with Crippen molar-refractivity contribution in [3.63, 3.8) is 0 Å². The maximum atomic E-state index is 3.65. The highest BCUT2D eigenvalue weighted by atomic mass is 15.2. The molecular weight excluding hydrogens is 220 g/mol. The van der Waals surface area contributed by atoms with Gasteiger partial charge in [0.1, 0.15) is 0 Å². The minimum Gasteiger partial charge on any atom is -0.315 e. The Morgan fingerprint density at radius 1 is 1.11 bits per heavy atom. The van der Waals surface area contributed by atoms with E-state index in [-0.39, 0.29) is 0 Å². The molecule has 108 valence electrons. The molecule has 0 aliphatic heterocycles. The third-order valence-electron chi connectivity index (χ3n) is 4.28. The molecule has 0 saturated heterocycles. The van der Waals surface area contributed by atoms with Gasteiger partial charge in [-0.2, -0.15) is 0 Å². The summed E-state index contributed by atoms with van der Waals surface area (Å²) in [6, 6.07) is 1.58. The molecule has 0 aromatic rings. The summed E-state index contributed by atoms with van der Waals surface area (Å²) in [6.07, 6.45) is 9.79. The molecule has 2 nitrogen and oxygen atoms in total. The minimum atomic E-state index is 0.733. The summed E-state index contributed by atoms with van der Waals surface area (Å²) < 4.78 is 0. The molecule has 1 N–H and O–H groups in total. The van der Waals surface area contributed by atoms with Gasteiger partial charge in [0.05, 0.1) is 0 Å². The van der Waals surface area contributed by atoms with Gasteiger partial charge in [-0.1, -0.05) is 46.5 Å². The average Bonchev–Trinajstić information content (AvgIpc) is 2.37. The van der Waals surface area contributed by atoms with E-state index < -0.39 is 0 Å². The fraction of sp³-hybridized carbons (Fsp3) is 1.00. The standard InChI is InChI=1S/C16H34N2/c1-5-9-16(13-17-12-14(2)3)18(4)15-10-7-6-8-11-15/h14-17H,5-13H2,1-4H3. The quantitative estimate of drug-likeness (QED) is 0.711. The molecule has 1 fully saturated rings. The highest BCUT2D eigenvalue weighted by Crippen LogP contribution is 2.23. The highest BCUT2D eigenvalue weighted by Gasteiger charge is 2.23. The zero-order valence-electron chi connectivity index (χ0n) is 13.0. The number of nitrogens with one attached hydrogen (secondary N) is 1. The molecule has 0 amide bonds. The molecule has 1 saturated carbocycles. The van der Waals surface area contributed by atoms with Gasteiger partial charge in [0.2, 0.25) is 0 Å². The Morgan fingerprint density at radius 2 is 1.78 bits per heavy atom. The van der Waals surface area contributed by atoms with Gasteiger partial charge < -0.3 is 5.32 Å². The van der Waals surface area contributed by atoms with E-state index in [9.17, 15) is 0 Å². The van der Waals surface area contributed by atoms with Gasteiger partial charge in [-0.05, 0) is 38.8 Å². The smallest absolute Gasteiger partial charge is 0.0220 e. The third-order valence-corrected chi connectivity index (χ3v) is 4.28. The first-order valence-electron chi connectivity index (χ1n) is 8.07. The molecule has 0 aromatic heterocycles. The lowest BCUT2D eigenvalue weighted by Crippen LogP contribution is -2.46. The van der Waals surface area contributed by atoms with Crippen molar-refractivity contribution in [1.29, 1.82) is 0 Å². The summed E-state index contributed by atoms with van der Waals surface area (Å²) in [5, 5.41) is 3.65. The van der Waals surface area contributed by atoms with Crippen LogP contribution in [0.4, 0.5) is 0 Å². The largest absolute Gasteiger partial charge is 0.315 e. The van der Waals surface area contributed by atoms with Crippen LogP contribution in [-0.2, 0) is 0 Å². The van der Waals surface area contributed by atoms with E-state index in [1.54, 1.807) is 0 Å². The predicted octanol–water partition coefficient (Wildman–Crippen LogP) is 3.67. The lowest BCUT2D eigenvalue weighted by atomic mass is 9.93. The molecular formula is C16H34N2. The van der Waals surface area contributed by atoms with Crippen LogP contribution >= 0.6 is 0 Å². The van der Waals surface area contributed by atoms with Crippen molar-refractivity contribution in [3.05, 3.63) is 0 Å². The third kappa shape index (κ3) is 5.71. The Morgan fingerprint density at radius 3 is 2.33 bits per heavy atom. The van der Waals surface area contributed by atoms with E-state index in [2.05, 4.69) is 38.0 Å². The van der Waals surface area contributed by atoms with Crippen molar-refractivity contribution in [3.8, 4) is 0 Å². The minimum absolute atomic E-state index is 0.733. The van der Waals surface area contributed by atoms with E-state index in [0.29, 0.717) is 0 Å². The van der Waals surface area contributed by atoms with E-state index >= 15 is 0 Å². The first-order valence-corrected chi connectivity index (χ1v) is 8.07. The fourth-order valence-corrected chi connectivity index (χ4v) is 3.11. The van der Waals surface area contributed by atoms with Gasteiger partial charge in [-0.15, -0.1) is 0 Å². The Bertz CT molecular complexity index is 197. The summed E-state index contributed by atoms with van der Waals surface area (Å²) in [5.41, 5.74) is 0. The molecule has 1 atom stereocenters. The monoisotopic (exact) mass is 254 g/mol. The van der Waals surface area contributed by atoms with Gasteiger partial charge in [0, 0.05) is 18.6 Å². The molecule has 1 unspecified atom stereocenters. The zero-order chi connectivity index (χ0) is 13.4. The highest BCUT2D eigenvalue weighted by molar-refractivity contribution is 4.80. The van der Waals surface area contributed by atoms with Crippen molar-refractivity contribution in [2.24, 2.45) is 5.92 Å². The topological polar surface area (TPSA) is 15.3 Å². The van der Waals surface area contributed by atoms with Crippen LogP contribution in [0.1, 0.15) is 65.7 Å². The molecule has 1 aliphatic rings. The number of likely N-dealkylation sites (N-methyl/N-ethyl adjacent to an activating group) is 1. The zero-order valence-corrected chi connectivity index (χ0v) is 13.0. The van der Waals surface area contributed by atoms with Crippen LogP contribution in [0.15, 0.2) is 0 Å². The van der Waals surface area contributed by atoms with E-state index in [0.717, 1.165) is 24.5 Å². The molecule has 18 heavy (non-hydrogen) atoms. The van der Waals surface area contributed by atoms with Gasteiger partial charge in [-0.3, -0.25) is 4.90 Å². The number of hydrogen-bond acceptors (Lipinski definition) is 2. The van der Waals surface area contributed by atoms with Crippen LogP contribution in [0.2, 0.25) is 0 Å². The second-order valence-electron chi connectivity index (χ2n) is 6.45. The summed E-state index contributed by atoms with van der Waals surface area (Å²) in [5.74, 6) is 0.757. The van der Waals surface area contributed by atoms with Crippen LogP contribution in [0.5, 0.6) is 0 Å². The fourth-order valence-electron chi connectivity index (χ4n) is 3.11. The van der Waals surface area contributed by atoms with Gasteiger partial charge in [0.25, 0.3) is 0 Å². The van der Waals surface area contributed by atoms with Crippen molar-refractivity contribution in [2.75, 3.05) is 20.1 Å².